The Kier molecular flexibility index (Phi) is 3.74. The molecule has 1 saturated heterocycles. The van der Waals surface area contributed by atoms with Crippen molar-refractivity contribution in [1.29, 1.82) is 0 Å². The third-order valence-electron chi connectivity index (χ3n) is 3.24. The van der Waals surface area contributed by atoms with Gasteiger partial charge in [-0.05, 0) is 19.4 Å². The first-order chi connectivity index (χ1) is 9.33. The number of carbonyl (C=O) groups is 2. The van der Waals surface area contributed by atoms with E-state index in [4.69, 9.17) is 0 Å². The number of piperazine rings is 1. The van der Waals surface area contributed by atoms with Gasteiger partial charge >= 0.3 is 0 Å². The number of halogens is 2. The molecule has 1 N–H and O–H groups in total. The maximum atomic E-state index is 12.7. The van der Waals surface area contributed by atoms with Crippen molar-refractivity contribution in [3.8, 4) is 0 Å². The van der Waals surface area contributed by atoms with E-state index in [1.165, 1.54) is 13.8 Å². The van der Waals surface area contributed by atoms with E-state index in [1.807, 2.05) is 0 Å². The van der Waals surface area contributed by atoms with Crippen LogP contribution in [0.5, 0.6) is 0 Å². The minimum Gasteiger partial charge on any atom is -0.340 e. The highest BCUT2D eigenvalue weighted by atomic mass is 19.3. The molecule has 0 bridgehead atoms. The van der Waals surface area contributed by atoms with E-state index in [-0.39, 0.29) is 0 Å². The Morgan fingerprint density at radius 2 is 1.85 bits per heavy atom. The average molecular weight is 282 g/mol. The summed E-state index contributed by atoms with van der Waals surface area (Å²) in [5.41, 5.74) is -0.647. The molecule has 1 aliphatic rings. The summed E-state index contributed by atoms with van der Waals surface area (Å²) in [7, 11) is 0. The van der Waals surface area contributed by atoms with E-state index in [2.05, 4.69) is 5.32 Å². The van der Waals surface area contributed by atoms with Crippen LogP contribution in [0.3, 0.4) is 0 Å². The van der Waals surface area contributed by atoms with Crippen molar-refractivity contribution in [3.05, 3.63) is 35.9 Å². The fourth-order valence-corrected chi connectivity index (χ4v) is 2.35. The van der Waals surface area contributed by atoms with Crippen LogP contribution in [0.25, 0.3) is 0 Å². The zero-order valence-corrected chi connectivity index (χ0v) is 11.3. The zero-order valence-electron chi connectivity index (χ0n) is 11.3. The van der Waals surface area contributed by atoms with Crippen LogP contribution in [-0.4, -0.2) is 35.2 Å². The summed E-state index contributed by atoms with van der Waals surface area (Å²) in [6.45, 7) is 2.26. The second-order valence-electron chi connectivity index (χ2n) is 5.28. The zero-order chi connectivity index (χ0) is 14.9. The number of carbonyl (C=O) groups excluding carboxylic acids is 2. The minimum atomic E-state index is -2.69. The Balaban J connectivity index is 2.41. The Labute approximate surface area is 115 Å². The topological polar surface area (TPSA) is 49.4 Å². The van der Waals surface area contributed by atoms with Gasteiger partial charge in [0.05, 0.1) is 6.54 Å². The smallest absolute Gasteiger partial charge is 0.255 e. The molecule has 108 valence electrons. The van der Waals surface area contributed by atoms with Crippen molar-refractivity contribution in [2.45, 2.75) is 31.9 Å². The Bertz CT molecular complexity index is 517. The summed E-state index contributed by atoms with van der Waals surface area (Å²) >= 11 is 0. The number of nitrogens with zero attached hydrogens (tertiary/aromatic N) is 1. The van der Waals surface area contributed by atoms with Gasteiger partial charge in [0, 0.05) is 0 Å². The monoisotopic (exact) mass is 282 g/mol. The number of nitrogens with one attached hydrogen (secondary N) is 1. The lowest BCUT2D eigenvalue weighted by Crippen LogP contribution is -2.65. The van der Waals surface area contributed by atoms with Crippen molar-refractivity contribution < 1.29 is 18.4 Å². The van der Waals surface area contributed by atoms with Gasteiger partial charge < -0.3 is 10.2 Å². The van der Waals surface area contributed by atoms with Gasteiger partial charge in [0.1, 0.15) is 11.6 Å². The van der Waals surface area contributed by atoms with E-state index in [0.29, 0.717) is 5.56 Å². The highest BCUT2D eigenvalue weighted by Gasteiger charge is 2.46. The van der Waals surface area contributed by atoms with E-state index in [0.717, 1.165) is 4.90 Å². The molecule has 1 aromatic rings. The number of hydrogen-bond donors (Lipinski definition) is 1. The van der Waals surface area contributed by atoms with Crippen molar-refractivity contribution in [2.24, 2.45) is 0 Å². The molecule has 6 heteroatoms. The molecule has 0 aromatic heterocycles. The van der Waals surface area contributed by atoms with E-state index in [1.54, 1.807) is 30.3 Å². The van der Waals surface area contributed by atoms with Gasteiger partial charge in [-0.25, -0.2) is 8.78 Å². The number of amides is 2. The van der Waals surface area contributed by atoms with Crippen LogP contribution in [0.4, 0.5) is 8.78 Å². The Hall–Kier alpha value is -1.98. The number of benzene rings is 1. The normalized spacial score (nSPS) is 22.1. The fourth-order valence-electron chi connectivity index (χ4n) is 2.35. The first-order valence-electron chi connectivity index (χ1n) is 6.29. The van der Waals surface area contributed by atoms with Gasteiger partial charge in [-0.15, -0.1) is 0 Å². The van der Waals surface area contributed by atoms with E-state index >= 15 is 0 Å². The van der Waals surface area contributed by atoms with Crippen molar-refractivity contribution in [3.63, 3.8) is 0 Å². The van der Waals surface area contributed by atoms with Gasteiger partial charge in [-0.3, -0.25) is 9.59 Å². The standard InChI is InChI=1S/C14H16F2N2O2/c1-14(2)13(20)18(8-10(15)16)11(12(19)17-14)9-6-4-3-5-7-9/h3-7,10-11H,8H2,1-2H3,(H,17,19). The van der Waals surface area contributed by atoms with E-state index < -0.39 is 36.4 Å². The van der Waals surface area contributed by atoms with Crippen molar-refractivity contribution >= 4 is 11.8 Å². The van der Waals surface area contributed by atoms with E-state index in [9.17, 15) is 18.4 Å². The second kappa shape index (κ2) is 5.19. The Morgan fingerprint density at radius 3 is 2.40 bits per heavy atom. The lowest BCUT2D eigenvalue weighted by molar-refractivity contribution is -0.156. The molecule has 2 amide bonds. The molecule has 1 fully saturated rings. The van der Waals surface area contributed by atoms with Crippen LogP contribution in [0.1, 0.15) is 25.5 Å². The van der Waals surface area contributed by atoms with Gasteiger partial charge in [0.2, 0.25) is 11.8 Å². The summed E-state index contributed by atoms with van der Waals surface area (Å²) in [5.74, 6) is -0.951. The van der Waals surface area contributed by atoms with Crippen molar-refractivity contribution in [1.82, 2.24) is 10.2 Å². The molecule has 0 spiro atoms. The lowest BCUT2D eigenvalue weighted by Gasteiger charge is -2.42. The summed E-state index contributed by atoms with van der Waals surface area (Å²) in [6, 6.07) is 7.45. The molecule has 1 aliphatic heterocycles. The van der Waals surface area contributed by atoms with Crippen LogP contribution in [0, 0.1) is 0 Å². The number of alkyl halides is 2. The summed E-state index contributed by atoms with van der Waals surface area (Å²) < 4.78 is 25.5. The van der Waals surface area contributed by atoms with Crippen LogP contribution < -0.4 is 5.32 Å². The molecule has 0 radical (unpaired) electrons. The highest BCUT2D eigenvalue weighted by molar-refractivity contribution is 5.99. The Morgan fingerprint density at radius 1 is 1.25 bits per heavy atom. The van der Waals surface area contributed by atoms with Gasteiger partial charge in [0.15, 0.2) is 0 Å². The SMILES string of the molecule is CC1(C)NC(=O)C(c2ccccc2)N(CC(F)F)C1=O. The van der Waals surface area contributed by atoms with Gasteiger partial charge in [-0.1, -0.05) is 30.3 Å². The lowest BCUT2D eigenvalue weighted by atomic mass is 9.93. The van der Waals surface area contributed by atoms with Crippen LogP contribution in [-0.2, 0) is 9.59 Å². The van der Waals surface area contributed by atoms with Crippen LogP contribution in [0.15, 0.2) is 30.3 Å². The predicted molar refractivity (Wildman–Crippen MR) is 69.1 cm³/mol. The predicted octanol–water partition coefficient (Wildman–Crippen LogP) is 1.73. The molecular formula is C14H16F2N2O2. The molecule has 1 unspecified atom stereocenters. The molecular weight excluding hydrogens is 266 g/mol. The fraction of sp³-hybridized carbons (Fsp3) is 0.429. The average Bonchev–Trinajstić information content (AvgIpc) is 2.36. The maximum absolute atomic E-state index is 12.7. The molecule has 1 aromatic carbocycles. The molecule has 1 heterocycles. The van der Waals surface area contributed by atoms with Gasteiger partial charge in [0.25, 0.3) is 6.43 Å². The maximum Gasteiger partial charge on any atom is 0.255 e. The highest BCUT2D eigenvalue weighted by Crippen LogP contribution is 2.29. The largest absolute Gasteiger partial charge is 0.340 e. The molecule has 2 rings (SSSR count). The third-order valence-corrected chi connectivity index (χ3v) is 3.24. The number of hydrogen-bond acceptors (Lipinski definition) is 2. The summed E-state index contributed by atoms with van der Waals surface area (Å²) in [5, 5.41) is 2.58. The molecule has 4 nitrogen and oxygen atoms in total. The first kappa shape index (κ1) is 14.4. The quantitative estimate of drug-likeness (QED) is 0.918. The molecule has 0 saturated carbocycles. The number of rotatable bonds is 3. The molecule has 20 heavy (non-hydrogen) atoms. The second-order valence-corrected chi connectivity index (χ2v) is 5.28. The summed E-state index contributed by atoms with van der Waals surface area (Å²) in [6.07, 6.45) is -2.69. The van der Waals surface area contributed by atoms with Crippen LogP contribution >= 0.6 is 0 Å². The van der Waals surface area contributed by atoms with Crippen LogP contribution in [0.2, 0.25) is 0 Å². The summed E-state index contributed by atoms with van der Waals surface area (Å²) in [4.78, 5) is 25.4. The minimum absolute atomic E-state index is 0.443. The first-order valence-corrected chi connectivity index (χ1v) is 6.29. The third kappa shape index (κ3) is 2.64. The molecule has 1 atom stereocenters. The van der Waals surface area contributed by atoms with Gasteiger partial charge in [-0.2, -0.15) is 0 Å². The molecule has 0 aliphatic carbocycles. The van der Waals surface area contributed by atoms with Crippen molar-refractivity contribution in [2.75, 3.05) is 6.54 Å².